The number of guanidine groups is 1. The summed E-state index contributed by atoms with van der Waals surface area (Å²) in [5.74, 6) is 1.44. The van der Waals surface area contributed by atoms with Gasteiger partial charge in [-0.3, -0.25) is 4.99 Å². The third-order valence-corrected chi connectivity index (χ3v) is 5.62. The van der Waals surface area contributed by atoms with E-state index >= 15 is 0 Å². The van der Waals surface area contributed by atoms with Crippen molar-refractivity contribution >= 4 is 17.3 Å². The second-order valence-corrected chi connectivity index (χ2v) is 7.73. The molecule has 0 spiro atoms. The maximum atomic E-state index is 4.69. The highest BCUT2D eigenvalue weighted by atomic mass is 32.1. The van der Waals surface area contributed by atoms with E-state index in [1.54, 1.807) is 11.3 Å². The second kappa shape index (κ2) is 9.99. The highest BCUT2D eigenvalue weighted by Gasteiger charge is 2.19. The molecule has 1 aromatic rings. The molecule has 1 aliphatic heterocycles. The Morgan fingerprint density at radius 2 is 2.17 bits per heavy atom. The minimum Gasteiger partial charge on any atom is -0.356 e. The third-order valence-electron chi connectivity index (χ3n) is 4.43. The first-order valence-electron chi connectivity index (χ1n) is 9.26. The molecule has 0 aliphatic carbocycles. The Kier molecular flexibility index (Phi) is 7.99. The van der Waals surface area contributed by atoms with E-state index in [0.717, 1.165) is 18.9 Å². The molecule has 1 fully saturated rings. The van der Waals surface area contributed by atoms with Gasteiger partial charge in [-0.25, -0.2) is 4.98 Å². The van der Waals surface area contributed by atoms with Crippen LogP contribution in [0.5, 0.6) is 0 Å². The number of hydrogen-bond donors (Lipinski definition) is 2. The number of hydrogen-bond acceptors (Lipinski definition) is 4. The molecule has 1 aromatic heterocycles. The summed E-state index contributed by atoms with van der Waals surface area (Å²) in [4.78, 5) is 11.6. The predicted octanol–water partition coefficient (Wildman–Crippen LogP) is 2.85. The molecule has 5 nitrogen and oxygen atoms in total. The van der Waals surface area contributed by atoms with Crippen molar-refractivity contribution < 1.29 is 0 Å². The quantitative estimate of drug-likeness (QED) is 0.586. The number of nitrogens with zero attached hydrogens (tertiary/aromatic N) is 3. The standard InChI is InChI=1S/C18H33N5S/c1-5-10-23-11-7-15(8-12-23)22-18(19-4)20-9-6-16-13-24-17(21-16)14(2)3/h13-15H,5-12H2,1-4H3,(H2,19,20,22). The van der Waals surface area contributed by atoms with Gasteiger partial charge in [0.2, 0.25) is 0 Å². The average Bonchev–Trinajstić information content (AvgIpc) is 3.05. The zero-order valence-corrected chi connectivity index (χ0v) is 16.5. The average molecular weight is 352 g/mol. The summed E-state index contributed by atoms with van der Waals surface area (Å²) in [6.45, 7) is 11.1. The molecule has 0 aromatic carbocycles. The molecule has 6 heteroatoms. The van der Waals surface area contributed by atoms with Gasteiger partial charge in [0, 0.05) is 50.4 Å². The summed E-state index contributed by atoms with van der Waals surface area (Å²) in [7, 11) is 1.85. The van der Waals surface area contributed by atoms with Crippen LogP contribution in [-0.4, -0.2) is 55.1 Å². The van der Waals surface area contributed by atoms with Gasteiger partial charge in [0.05, 0.1) is 10.7 Å². The van der Waals surface area contributed by atoms with Crippen LogP contribution in [0.1, 0.15) is 56.7 Å². The van der Waals surface area contributed by atoms with Crippen molar-refractivity contribution in [3.63, 3.8) is 0 Å². The van der Waals surface area contributed by atoms with Crippen LogP contribution >= 0.6 is 11.3 Å². The molecule has 2 N–H and O–H groups in total. The Morgan fingerprint density at radius 3 is 2.75 bits per heavy atom. The Balaban J connectivity index is 1.69. The van der Waals surface area contributed by atoms with E-state index in [1.165, 1.54) is 49.6 Å². The normalized spacial score (nSPS) is 17.5. The molecular formula is C18H33N5S. The molecule has 1 aliphatic rings. The lowest BCUT2D eigenvalue weighted by molar-refractivity contribution is 0.206. The van der Waals surface area contributed by atoms with Crippen LogP contribution in [0.2, 0.25) is 0 Å². The smallest absolute Gasteiger partial charge is 0.191 e. The van der Waals surface area contributed by atoms with Gasteiger partial charge in [0.25, 0.3) is 0 Å². The van der Waals surface area contributed by atoms with E-state index in [2.05, 4.69) is 51.7 Å². The van der Waals surface area contributed by atoms with E-state index < -0.39 is 0 Å². The highest BCUT2D eigenvalue weighted by molar-refractivity contribution is 7.09. The first-order chi connectivity index (χ1) is 11.6. The Bertz CT molecular complexity index is 503. The van der Waals surface area contributed by atoms with Crippen LogP contribution in [0.25, 0.3) is 0 Å². The van der Waals surface area contributed by atoms with Crippen molar-refractivity contribution in [2.45, 2.75) is 58.4 Å². The zero-order valence-electron chi connectivity index (χ0n) is 15.6. The summed E-state index contributed by atoms with van der Waals surface area (Å²) in [5.41, 5.74) is 1.18. The van der Waals surface area contributed by atoms with Crippen molar-refractivity contribution in [1.29, 1.82) is 0 Å². The predicted molar refractivity (Wildman–Crippen MR) is 104 cm³/mol. The molecule has 0 saturated carbocycles. The first kappa shape index (κ1) is 19.2. The molecule has 2 rings (SSSR count). The van der Waals surface area contributed by atoms with E-state index in [4.69, 9.17) is 0 Å². The minimum absolute atomic E-state index is 0.518. The largest absolute Gasteiger partial charge is 0.356 e. The summed E-state index contributed by atoms with van der Waals surface area (Å²) >= 11 is 1.77. The van der Waals surface area contributed by atoms with Gasteiger partial charge in [-0.2, -0.15) is 0 Å². The number of nitrogens with one attached hydrogen (secondary N) is 2. The van der Waals surface area contributed by atoms with Crippen LogP contribution in [0.4, 0.5) is 0 Å². The van der Waals surface area contributed by atoms with Crippen LogP contribution in [0.15, 0.2) is 10.4 Å². The van der Waals surface area contributed by atoms with Gasteiger partial charge < -0.3 is 15.5 Å². The highest BCUT2D eigenvalue weighted by Crippen LogP contribution is 2.19. The maximum absolute atomic E-state index is 4.69. The number of piperidine rings is 1. The fraction of sp³-hybridized carbons (Fsp3) is 0.778. The summed E-state index contributed by atoms with van der Waals surface area (Å²) < 4.78 is 0. The van der Waals surface area contributed by atoms with Crippen molar-refractivity contribution in [3.8, 4) is 0 Å². The van der Waals surface area contributed by atoms with E-state index in [-0.39, 0.29) is 0 Å². The molecule has 0 amide bonds. The molecule has 2 heterocycles. The molecule has 0 bridgehead atoms. The van der Waals surface area contributed by atoms with Gasteiger partial charge in [0.1, 0.15) is 0 Å². The molecule has 24 heavy (non-hydrogen) atoms. The van der Waals surface area contributed by atoms with E-state index in [1.807, 2.05) is 7.05 Å². The van der Waals surface area contributed by atoms with E-state index in [0.29, 0.717) is 12.0 Å². The molecule has 0 unspecified atom stereocenters. The number of aromatic nitrogens is 1. The molecule has 0 radical (unpaired) electrons. The fourth-order valence-electron chi connectivity index (χ4n) is 3.02. The molecule has 1 saturated heterocycles. The van der Waals surface area contributed by atoms with Crippen molar-refractivity contribution in [1.82, 2.24) is 20.5 Å². The third kappa shape index (κ3) is 6.06. The number of thiazole rings is 1. The molecule has 136 valence electrons. The van der Waals surface area contributed by atoms with Gasteiger partial charge in [-0.05, 0) is 25.8 Å². The topological polar surface area (TPSA) is 52.5 Å². The van der Waals surface area contributed by atoms with Crippen molar-refractivity contribution in [3.05, 3.63) is 16.1 Å². The lowest BCUT2D eigenvalue weighted by Gasteiger charge is -2.32. The Morgan fingerprint density at radius 1 is 1.42 bits per heavy atom. The molecular weight excluding hydrogens is 318 g/mol. The van der Waals surface area contributed by atoms with Gasteiger partial charge >= 0.3 is 0 Å². The number of rotatable bonds is 7. The van der Waals surface area contributed by atoms with E-state index in [9.17, 15) is 0 Å². The monoisotopic (exact) mass is 351 g/mol. The number of aliphatic imine (C=N–C) groups is 1. The summed E-state index contributed by atoms with van der Waals surface area (Å²) in [6.07, 6.45) is 4.59. The van der Waals surface area contributed by atoms with Crippen LogP contribution < -0.4 is 10.6 Å². The second-order valence-electron chi connectivity index (χ2n) is 6.84. The van der Waals surface area contributed by atoms with Crippen molar-refractivity contribution in [2.75, 3.05) is 33.2 Å². The van der Waals surface area contributed by atoms with Gasteiger partial charge in [0.15, 0.2) is 5.96 Å². The van der Waals surface area contributed by atoms with Gasteiger partial charge in [-0.15, -0.1) is 11.3 Å². The minimum atomic E-state index is 0.518. The summed E-state index contributed by atoms with van der Waals surface area (Å²) in [5, 5.41) is 10.4. The van der Waals surface area contributed by atoms with Crippen LogP contribution in [0, 0.1) is 0 Å². The van der Waals surface area contributed by atoms with Crippen LogP contribution in [-0.2, 0) is 6.42 Å². The molecule has 0 atom stereocenters. The Labute approximate surface area is 151 Å². The maximum Gasteiger partial charge on any atom is 0.191 e. The summed E-state index contributed by atoms with van der Waals surface area (Å²) in [6, 6.07) is 0.538. The first-order valence-corrected chi connectivity index (χ1v) is 10.1. The lowest BCUT2D eigenvalue weighted by atomic mass is 10.1. The zero-order chi connectivity index (χ0) is 17.4. The SMILES string of the molecule is CCCN1CCC(NC(=NC)NCCc2csc(C(C)C)n2)CC1. The number of likely N-dealkylation sites (tertiary alicyclic amines) is 1. The fourth-order valence-corrected chi connectivity index (χ4v) is 3.89. The lowest BCUT2D eigenvalue weighted by Crippen LogP contribution is -2.49. The Hall–Kier alpha value is -1.14. The van der Waals surface area contributed by atoms with Crippen molar-refractivity contribution in [2.24, 2.45) is 4.99 Å². The van der Waals surface area contributed by atoms with Gasteiger partial charge in [-0.1, -0.05) is 20.8 Å². The van der Waals surface area contributed by atoms with Crippen LogP contribution in [0.3, 0.4) is 0 Å².